The SMILES string of the molecule is CCCn1ncnc1CC(NCC)c1ccc(Br)cn1. The van der Waals surface area contributed by atoms with Gasteiger partial charge in [-0.3, -0.25) is 9.67 Å². The average molecular weight is 338 g/mol. The second-order valence-corrected chi connectivity index (χ2v) is 5.53. The molecule has 6 heteroatoms. The van der Waals surface area contributed by atoms with E-state index >= 15 is 0 Å². The Labute approximate surface area is 128 Å². The Morgan fingerprint density at radius 1 is 1.30 bits per heavy atom. The number of nitrogens with one attached hydrogen (secondary N) is 1. The van der Waals surface area contributed by atoms with Gasteiger partial charge in [-0.2, -0.15) is 5.10 Å². The molecule has 0 amide bonds. The Kier molecular flexibility index (Phi) is 5.67. The van der Waals surface area contributed by atoms with Gasteiger partial charge in [-0.1, -0.05) is 13.8 Å². The number of hydrogen-bond acceptors (Lipinski definition) is 4. The van der Waals surface area contributed by atoms with Crippen molar-refractivity contribution < 1.29 is 0 Å². The first kappa shape index (κ1) is 15.1. The first-order chi connectivity index (χ1) is 9.74. The van der Waals surface area contributed by atoms with Gasteiger partial charge in [0.25, 0.3) is 0 Å². The van der Waals surface area contributed by atoms with Crippen LogP contribution < -0.4 is 5.32 Å². The highest BCUT2D eigenvalue weighted by atomic mass is 79.9. The number of pyridine rings is 1. The second-order valence-electron chi connectivity index (χ2n) is 4.62. The van der Waals surface area contributed by atoms with Gasteiger partial charge in [0.15, 0.2) is 0 Å². The summed E-state index contributed by atoms with van der Waals surface area (Å²) in [6, 6.07) is 4.22. The summed E-state index contributed by atoms with van der Waals surface area (Å²) in [5, 5.41) is 7.74. The van der Waals surface area contributed by atoms with Crippen molar-refractivity contribution in [2.24, 2.45) is 0 Å². The third-order valence-corrected chi connectivity index (χ3v) is 3.54. The summed E-state index contributed by atoms with van der Waals surface area (Å²) in [5.74, 6) is 1.00. The van der Waals surface area contributed by atoms with Crippen molar-refractivity contribution in [3.63, 3.8) is 0 Å². The van der Waals surface area contributed by atoms with Crippen molar-refractivity contribution in [1.29, 1.82) is 0 Å². The molecule has 2 aromatic rings. The van der Waals surface area contributed by atoms with Crippen LogP contribution in [-0.2, 0) is 13.0 Å². The van der Waals surface area contributed by atoms with Crippen molar-refractivity contribution in [2.75, 3.05) is 6.54 Å². The zero-order valence-electron chi connectivity index (χ0n) is 11.9. The molecule has 0 aliphatic heterocycles. The van der Waals surface area contributed by atoms with Crippen LogP contribution in [0.1, 0.15) is 37.8 Å². The van der Waals surface area contributed by atoms with Gasteiger partial charge in [-0.05, 0) is 41.0 Å². The lowest BCUT2D eigenvalue weighted by atomic mass is 10.1. The van der Waals surface area contributed by atoms with Crippen LogP contribution >= 0.6 is 15.9 Å². The first-order valence-corrected chi connectivity index (χ1v) is 7.75. The zero-order chi connectivity index (χ0) is 14.4. The van der Waals surface area contributed by atoms with E-state index in [1.54, 1.807) is 6.33 Å². The van der Waals surface area contributed by atoms with E-state index in [0.717, 1.165) is 41.9 Å². The fourth-order valence-electron chi connectivity index (χ4n) is 2.15. The minimum atomic E-state index is 0.160. The van der Waals surface area contributed by atoms with E-state index in [2.05, 4.69) is 50.2 Å². The van der Waals surface area contributed by atoms with Gasteiger partial charge in [0, 0.05) is 23.6 Å². The van der Waals surface area contributed by atoms with Crippen LogP contribution in [0.15, 0.2) is 29.1 Å². The Morgan fingerprint density at radius 2 is 2.15 bits per heavy atom. The van der Waals surface area contributed by atoms with Gasteiger partial charge in [0.1, 0.15) is 12.2 Å². The molecule has 0 saturated carbocycles. The highest BCUT2D eigenvalue weighted by molar-refractivity contribution is 9.10. The summed E-state index contributed by atoms with van der Waals surface area (Å²) in [6.07, 6.45) is 5.31. The van der Waals surface area contributed by atoms with Gasteiger partial charge in [0.2, 0.25) is 0 Å². The maximum Gasteiger partial charge on any atom is 0.138 e. The molecule has 2 heterocycles. The normalized spacial score (nSPS) is 12.6. The average Bonchev–Trinajstić information content (AvgIpc) is 2.87. The Bertz CT molecular complexity index is 523. The molecule has 5 nitrogen and oxygen atoms in total. The smallest absolute Gasteiger partial charge is 0.138 e. The van der Waals surface area contributed by atoms with E-state index in [4.69, 9.17) is 0 Å². The van der Waals surface area contributed by atoms with Crippen molar-refractivity contribution in [1.82, 2.24) is 25.1 Å². The van der Waals surface area contributed by atoms with E-state index in [1.165, 1.54) is 0 Å². The summed E-state index contributed by atoms with van der Waals surface area (Å²) in [4.78, 5) is 8.86. The highest BCUT2D eigenvalue weighted by Gasteiger charge is 2.16. The third-order valence-electron chi connectivity index (χ3n) is 3.08. The number of aryl methyl sites for hydroxylation is 1. The summed E-state index contributed by atoms with van der Waals surface area (Å²) >= 11 is 3.42. The van der Waals surface area contributed by atoms with Crippen molar-refractivity contribution in [3.8, 4) is 0 Å². The Hall–Kier alpha value is -1.27. The van der Waals surface area contributed by atoms with Crippen LogP contribution in [-0.4, -0.2) is 26.3 Å². The van der Waals surface area contributed by atoms with Crippen molar-refractivity contribution >= 4 is 15.9 Å². The van der Waals surface area contributed by atoms with Crippen LogP contribution in [0.4, 0.5) is 0 Å². The molecule has 0 saturated heterocycles. The molecule has 0 radical (unpaired) electrons. The number of hydrogen-bond donors (Lipinski definition) is 1. The summed E-state index contributed by atoms with van der Waals surface area (Å²) in [7, 11) is 0. The first-order valence-electron chi connectivity index (χ1n) is 6.96. The number of aromatic nitrogens is 4. The van der Waals surface area contributed by atoms with Gasteiger partial charge < -0.3 is 5.32 Å². The fraction of sp³-hybridized carbons (Fsp3) is 0.500. The molecule has 1 atom stereocenters. The molecule has 0 spiro atoms. The molecule has 0 aromatic carbocycles. The maximum absolute atomic E-state index is 4.49. The van der Waals surface area contributed by atoms with Crippen LogP contribution in [0.3, 0.4) is 0 Å². The number of nitrogens with zero attached hydrogens (tertiary/aromatic N) is 4. The Morgan fingerprint density at radius 3 is 2.80 bits per heavy atom. The van der Waals surface area contributed by atoms with Gasteiger partial charge in [0.05, 0.1) is 11.7 Å². The summed E-state index contributed by atoms with van der Waals surface area (Å²) in [5.41, 5.74) is 1.03. The third kappa shape index (κ3) is 3.86. The zero-order valence-corrected chi connectivity index (χ0v) is 13.5. The lowest BCUT2D eigenvalue weighted by molar-refractivity contribution is 0.491. The van der Waals surface area contributed by atoms with Gasteiger partial charge in [-0.25, -0.2) is 4.98 Å². The predicted molar refractivity (Wildman–Crippen MR) is 82.4 cm³/mol. The Balaban J connectivity index is 2.16. The van der Waals surface area contributed by atoms with E-state index < -0.39 is 0 Å². The minimum Gasteiger partial charge on any atom is -0.309 e. The van der Waals surface area contributed by atoms with Crippen LogP contribution in [0.25, 0.3) is 0 Å². The molecule has 0 aliphatic carbocycles. The molecular formula is C14H20BrN5. The van der Waals surface area contributed by atoms with Crippen LogP contribution in [0.2, 0.25) is 0 Å². The largest absolute Gasteiger partial charge is 0.309 e. The summed E-state index contributed by atoms with van der Waals surface area (Å²) in [6.45, 7) is 6.04. The molecule has 0 aliphatic rings. The molecule has 0 fully saturated rings. The van der Waals surface area contributed by atoms with Crippen molar-refractivity contribution in [2.45, 2.75) is 39.3 Å². The molecule has 2 aromatic heterocycles. The second kappa shape index (κ2) is 7.50. The molecule has 108 valence electrons. The monoisotopic (exact) mass is 337 g/mol. The maximum atomic E-state index is 4.49. The lowest BCUT2D eigenvalue weighted by Crippen LogP contribution is -2.25. The number of likely N-dealkylation sites (N-methyl/N-ethyl adjacent to an activating group) is 1. The highest BCUT2D eigenvalue weighted by Crippen LogP contribution is 2.17. The molecule has 1 unspecified atom stereocenters. The molecule has 0 bridgehead atoms. The summed E-state index contributed by atoms with van der Waals surface area (Å²) < 4.78 is 2.97. The van der Waals surface area contributed by atoms with E-state index in [9.17, 15) is 0 Å². The van der Waals surface area contributed by atoms with Crippen molar-refractivity contribution in [3.05, 3.63) is 40.6 Å². The predicted octanol–water partition coefficient (Wildman–Crippen LogP) is 2.74. The number of rotatable bonds is 7. The minimum absolute atomic E-state index is 0.160. The van der Waals surface area contributed by atoms with Gasteiger partial charge in [-0.15, -0.1) is 0 Å². The number of halogens is 1. The molecule has 1 N–H and O–H groups in total. The lowest BCUT2D eigenvalue weighted by Gasteiger charge is -2.17. The fourth-order valence-corrected chi connectivity index (χ4v) is 2.38. The van der Waals surface area contributed by atoms with E-state index in [1.807, 2.05) is 23.0 Å². The van der Waals surface area contributed by atoms with Gasteiger partial charge >= 0.3 is 0 Å². The standard InChI is InChI=1S/C14H20BrN5/c1-3-7-20-14(18-10-19-20)8-13(16-4-2)12-6-5-11(15)9-17-12/h5-6,9-10,13,16H,3-4,7-8H2,1-2H3. The quantitative estimate of drug-likeness (QED) is 0.843. The molecule has 20 heavy (non-hydrogen) atoms. The molecule has 2 rings (SSSR count). The van der Waals surface area contributed by atoms with Crippen LogP contribution in [0.5, 0.6) is 0 Å². The topological polar surface area (TPSA) is 55.6 Å². The van der Waals surface area contributed by atoms with E-state index in [-0.39, 0.29) is 6.04 Å². The van der Waals surface area contributed by atoms with E-state index in [0.29, 0.717) is 0 Å². The van der Waals surface area contributed by atoms with Crippen LogP contribution in [0, 0.1) is 0 Å². The molecular weight excluding hydrogens is 318 g/mol.